The number of morpholine rings is 1. The van der Waals surface area contributed by atoms with Crippen molar-refractivity contribution in [1.82, 2.24) is 9.88 Å². The predicted molar refractivity (Wildman–Crippen MR) is 86.2 cm³/mol. The SMILES string of the molecule is O=C(c1ccnc(-c2cc3ccccc3o2)c1)N1CCOCC1. The molecule has 0 radical (unpaired) electrons. The Balaban J connectivity index is 1.66. The van der Waals surface area contributed by atoms with Crippen molar-refractivity contribution in [3.05, 3.63) is 54.2 Å². The second kappa shape index (κ2) is 5.85. The van der Waals surface area contributed by atoms with E-state index in [0.29, 0.717) is 43.3 Å². The minimum Gasteiger partial charge on any atom is -0.454 e. The number of para-hydroxylation sites is 1. The molecule has 23 heavy (non-hydrogen) atoms. The number of hydrogen-bond acceptors (Lipinski definition) is 4. The third kappa shape index (κ3) is 2.71. The van der Waals surface area contributed by atoms with Crippen LogP contribution >= 0.6 is 0 Å². The first-order valence-electron chi connectivity index (χ1n) is 7.63. The fourth-order valence-electron chi connectivity index (χ4n) is 2.76. The van der Waals surface area contributed by atoms with E-state index >= 15 is 0 Å². The first-order chi connectivity index (χ1) is 11.3. The number of aromatic nitrogens is 1. The number of benzene rings is 1. The Morgan fingerprint density at radius 1 is 1.09 bits per heavy atom. The Morgan fingerprint density at radius 3 is 2.74 bits per heavy atom. The second-order valence-corrected chi connectivity index (χ2v) is 5.48. The van der Waals surface area contributed by atoms with Gasteiger partial charge in [-0.15, -0.1) is 0 Å². The largest absolute Gasteiger partial charge is 0.454 e. The van der Waals surface area contributed by atoms with Crippen molar-refractivity contribution in [2.75, 3.05) is 26.3 Å². The fraction of sp³-hybridized carbons (Fsp3) is 0.222. The van der Waals surface area contributed by atoms with Crippen molar-refractivity contribution in [3.8, 4) is 11.5 Å². The Hall–Kier alpha value is -2.66. The normalized spacial score (nSPS) is 15.0. The first-order valence-corrected chi connectivity index (χ1v) is 7.63. The third-order valence-corrected chi connectivity index (χ3v) is 3.98. The van der Waals surface area contributed by atoms with Gasteiger partial charge in [-0.25, -0.2) is 0 Å². The van der Waals surface area contributed by atoms with Crippen LogP contribution in [-0.4, -0.2) is 42.1 Å². The molecular formula is C18H16N2O3. The van der Waals surface area contributed by atoms with E-state index in [0.717, 1.165) is 11.0 Å². The van der Waals surface area contributed by atoms with Crippen LogP contribution in [0.3, 0.4) is 0 Å². The molecule has 1 aromatic carbocycles. The van der Waals surface area contributed by atoms with Gasteiger partial charge in [0.25, 0.3) is 5.91 Å². The molecule has 3 aromatic rings. The first kappa shape index (κ1) is 14.0. The van der Waals surface area contributed by atoms with E-state index in [9.17, 15) is 4.79 Å². The number of carbonyl (C=O) groups is 1. The zero-order valence-corrected chi connectivity index (χ0v) is 12.6. The van der Waals surface area contributed by atoms with Crippen LogP contribution in [-0.2, 0) is 4.74 Å². The van der Waals surface area contributed by atoms with E-state index in [1.165, 1.54) is 0 Å². The van der Waals surface area contributed by atoms with Crippen LogP contribution in [0.15, 0.2) is 53.1 Å². The van der Waals surface area contributed by atoms with Crippen LogP contribution in [0.25, 0.3) is 22.4 Å². The number of rotatable bonds is 2. The average Bonchev–Trinajstić information content (AvgIpc) is 3.06. The highest BCUT2D eigenvalue weighted by molar-refractivity contribution is 5.95. The van der Waals surface area contributed by atoms with Gasteiger partial charge in [0.15, 0.2) is 5.76 Å². The Bertz CT molecular complexity index is 817. The van der Waals surface area contributed by atoms with Crippen molar-refractivity contribution >= 4 is 16.9 Å². The summed E-state index contributed by atoms with van der Waals surface area (Å²) in [5.74, 6) is 0.677. The molecule has 0 unspecified atom stereocenters. The average molecular weight is 308 g/mol. The second-order valence-electron chi connectivity index (χ2n) is 5.48. The van der Waals surface area contributed by atoms with Gasteiger partial charge in [0.1, 0.15) is 11.3 Å². The molecule has 116 valence electrons. The molecule has 1 aliphatic rings. The molecule has 1 amide bonds. The minimum absolute atomic E-state index is 0.00746. The van der Waals surface area contributed by atoms with Crippen molar-refractivity contribution in [2.45, 2.75) is 0 Å². The molecule has 5 nitrogen and oxygen atoms in total. The van der Waals surface area contributed by atoms with E-state index in [-0.39, 0.29) is 5.91 Å². The van der Waals surface area contributed by atoms with Gasteiger partial charge in [-0.05, 0) is 24.3 Å². The van der Waals surface area contributed by atoms with E-state index in [1.54, 1.807) is 23.2 Å². The van der Waals surface area contributed by atoms with Crippen molar-refractivity contribution in [2.24, 2.45) is 0 Å². The number of furan rings is 1. The van der Waals surface area contributed by atoms with Gasteiger partial charge in [0, 0.05) is 30.2 Å². The molecule has 0 atom stereocenters. The standard InChI is InChI=1S/C18H16N2O3/c21-18(20-7-9-22-10-8-20)14-5-6-19-15(11-14)17-12-13-3-1-2-4-16(13)23-17/h1-6,11-12H,7-10H2. The Morgan fingerprint density at radius 2 is 1.91 bits per heavy atom. The van der Waals surface area contributed by atoms with Crippen molar-refractivity contribution in [3.63, 3.8) is 0 Å². The van der Waals surface area contributed by atoms with Crippen LogP contribution < -0.4 is 0 Å². The summed E-state index contributed by atoms with van der Waals surface area (Å²) in [6, 6.07) is 13.3. The quantitative estimate of drug-likeness (QED) is 0.730. The highest BCUT2D eigenvalue weighted by Gasteiger charge is 2.19. The van der Waals surface area contributed by atoms with E-state index in [4.69, 9.17) is 9.15 Å². The maximum absolute atomic E-state index is 12.6. The van der Waals surface area contributed by atoms with Crippen LogP contribution in [0.5, 0.6) is 0 Å². The fourth-order valence-corrected chi connectivity index (χ4v) is 2.76. The molecule has 0 saturated carbocycles. The molecule has 1 fully saturated rings. The summed E-state index contributed by atoms with van der Waals surface area (Å²) in [6.45, 7) is 2.43. The molecule has 0 bridgehead atoms. The summed E-state index contributed by atoms with van der Waals surface area (Å²) < 4.78 is 11.1. The summed E-state index contributed by atoms with van der Waals surface area (Å²) in [5, 5.41) is 1.02. The summed E-state index contributed by atoms with van der Waals surface area (Å²) >= 11 is 0. The van der Waals surface area contributed by atoms with Crippen molar-refractivity contribution < 1.29 is 13.9 Å². The maximum Gasteiger partial charge on any atom is 0.254 e. The van der Waals surface area contributed by atoms with Crippen LogP contribution in [0.2, 0.25) is 0 Å². The predicted octanol–water partition coefficient (Wildman–Crippen LogP) is 2.97. The van der Waals surface area contributed by atoms with Crippen molar-refractivity contribution in [1.29, 1.82) is 0 Å². The topological polar surface area (TPSA) is 55.6 Å². The van der Waals surface area contributed by atoms with Gasteiger partial charge in [-0.3, -0.25) is 9.78 Å². The monoisotopic (exact) mass is 308 g/mol. The number of fused-ring (bicyclic) bond motifs is 1. The minimum atomic E-state index is 0.00746. The van der Waals surface area contributed by atoms with Crippen LogP contribution in [0.4, 0.5) is 0 Å². The molecule has 0 aliphatic carbocycles. The zero-order valence-electron chi connectivity index (χ0n) is 12.6. The third-order valence-electron chi connectivity index (χ3n) is 3.98. The summed E-state index contributed by atoms with van der Waals surface area (Å²) in [6.07, 6.45) is 1.65. The van der Waals surface area contributed by atoms with Gasteiger partial charge < -0.3 is 14.1 Å². The zero-order chi connectivity index (χ0) is 15.6. The lowest BCUT2D eigenvalue weighted by atomic mass is 10.1. The number of pyridine rings is 1. The number of nitrogens with zero attached hydrogens (tertiary/aromatic N) is 2. The van der Waals surface area contributed by atoms with Gasteiger partial charge in [0.2, 0.25) is 0 Å². The van der Waals surface area contributed by atoms with E-state index in [2.05, 4.69) is 4.98 Å². The molecule has 1 aliphatic heterocycles. The summed E-state index contributed by atoms with van der Waals surface area (Å²) in [7, 11) is 0. The molecule has 4 rings (SSSR count). The van der Waals surface area contributed by atoms with Gasteiger partial charge >= 0.3 is 0 Å². The molecule has 5 heteroatoms. The lowest BCUT2D eigenvalue weighted by molar-refractivity contribution is 0.0303. The number of ether oxygens (including phenoxy) is 1. The highest BCUT2D eigenvalue weighted by atomic mass is 16.5. The van der Waals surface area contributed by atoms with Gasteiger partial charge in [-0.2, -0.15) is 0 Å². The number of hydrogen-bond donors (Lipinski definition) is 0. The summed E-state index contributed by atoms with van der Waals surface area (Å²) in [5.41, 5.74) is 2.10. The van der Waals surface area contributed by atoms with Gasteiger partial charge in [0.05, 0.1) is 13.2 Å². The molecular weight excluding hydrogens is 292 g/mol. The smallest absolute Gasteiger partial charge is 0.254 e. The lowest BCUT2D eigenvalue weighted by Crippen LogP contribution is -2.40. The van der Waals surface area contributed by atoms with E-state index in [1.807, 2.05) is 30.3 Å². The number of amides is 1. The molecule has 2 aromatic heterocycles. The summed E-state index contributed by atoms with van der Waals surface area (Å²) in [4.78, 5) is 18.7. The number of carbonyl (C=O) groups excluding carboxylic acids is 1. The Kier molecular flexibility index (Phi) is 3.55. The van der Waals surface area contributed by atoms with E-state index < -0.39 is 0 Å². The molecule has 0 N–H and O–H groups in total. The molecule has 1 saturated heterocycles. The van der Waals surface area contributed by atoms with Gasteiger partial charge in [-0.1, -0.05) is 18.2 Å². The lowest BCUT2D eigenvalue weighted by Gasteiger charge is -2.26. The highest BCUT2D eigenvalue weighted by Crippen LogP contribution is 2.27. The van der Waals surface area contributed by atoms with Crippen LogP contribution in [0.1, 0.15) is 10.4 Å². The maximum atomic E-state index is 12.6. The molecule has 0 spiro atoms. The molecule has 3 heterocycles. The van der Waals surface area contributed by atoms with Crippen LogP contribution in [0, 0.1) is 0 Å². The Labute approximate surface area is 133 Å².